The first-order valence-corrected chi connectivity index (χ1v) is 6.84. The van der Waals surface area contributed by atoms with E-state index in [-0.39, 0.29) is 0 Å². The van der Waals surface area contributed by atoms with Crippen molar-refractivity contribution in [2.75, 3.05) is 5.43 Å². The van der Waals surface area contributed by atoms with E-state index < -0.39 is 11.7 Å². The molecule has 0 saturated carbocycles. The van der Waals surface area contributed by atoms with Crippen molar-refractivity contribution in [3.63, 3.8) is 0 Å². The van der Waals surface area contributed by atoms with Crippen LogP contribution in [0.1, 0.15) is 11.1 Å². The Kier molecular flexibility index (Phi) is 3.97. The zero-order chi connectivity index (χ0) is 16.3. The van der Waals surface area contributed by atoms with E-state index >= 15 is 0 Å². The average Bonchev–Trinajstić information content (AvgIpc) is 2.55. The van der Waals surface area contributed by atoms with E-state index in [9.17, 15) is 13.2 Å². The summed E-state index contributed by atoms with van der Waals surface area (Å²) in [4.78, 5) is 4.23. The molecule has 3 aromatic rings. The summed E-state index contributed by atoms with van der Waals surface area (Å²) in [6, 6.07) is 14.2. The van der Waals surface area contributed by atoms with E-state index in [2.05, 4.69) is 15.5 Å². The fraction of sp³-hybridized carbons (Fsp3) is 0.0588. The van der Waals surface area contributed by atoms with Gasteiger partial charge in [-0.25, -0.2) is 0 Å². The molecule has 3 rings (SSSR count). The summed E-state index contributed by atoms with van der Waals surface area (Å²) in [7, 11) is 0. The van der Waals surface area contributed by atoms with E-state index in [4.69, 9.17) is 0 Å². The van der Waals surface area contributed by atoms with Crippen LogP contribution in [0.5, 0.6) is 0 Å². The number of nitrogens with zero attached hydrogens (tertiary/aromatic N) is 2. The molecular weight excluding hydrogens is 303 g/mol. The highest BCUT2D eigenvalue weighted by molar-refractivity contribution is 5.91. The third-order valence-corrected chi connectivity index (χ3v) is 3.26. The van der Waals surface area contributed by atoms with Gasteiger partial charge in [0, 0.05) is 11.6 Å². The van der Waals surface area contributed by atoms with E-state index in [1.165, 1.54) is 12.3 Å². The molecule has 2 aromatic carbocycles. The highest BCUT2D eigenvalue weighted by atomic mass is 19.4. The number of benzene rings is 2. The van der Waals surface area contributed by atoms with E-state index in [1.807, 2.05) is 30.3 Å². The van der Waals surface area contributed by atoms with Gasteiger partial charge in [0.2, 0.25) is 0 Å². The van der Waals surface area contributed by atoms with Crippen LogP contribution in [0.4, 0.5) is 18.9 Å². The van der Waals surface area contributed by atoms with Crippen LogP contribution >= 0.6 is 0 Å². The summed E-state index contributed by atoms with van der Waals surface area (Å²) in [6.45, 7) is 0. The SMILES string of the molecule is FC(F)(F)c1cccc(/C=N/Nc2cccc3ncccc23)c1. The quantitative estimate of drug-likeness (QED) is 0.562. The molecule has 0 saturated heterocycles. The van der Waals surface area contributed by atoms with E-state index in [0.717, 1.165) is 28.7 Å². The maximum Gasteiger partial charge on any atom is 0.416 e. The molecule has 0 radical (unpaired) electrons. The third-order valence-electron chi connectivity index (χ3n) is 3.26. The maximum atomic E-state index is 12.7. The number of pyridine rings is 1. The first-order valence-electron chi connectivity index (χ1n) is 6.84. The van der Waals surface area contributed by atoms with Crippen molar-refractivity contribution in [2.45, 2.75) is 6.18 Å². The number of rotatable bonds is 3. The first-order chi connectivity index (χ1) is 11.0. The molecule has 3 nitrogen and oxygen atoms in total. The standard InChI is InChI=1S/C17H12F3N3/c18-17(19,20)13-5-1-4-12(10-13)11-22-23-16-8-2-7-15-14(16)6-3-9-21-15/h1-11,23H/b22-11+. The largest absolute Gasteiger partial charge is 0.416 e. The normalized spacial score (nSPS) is 12.0. The summed E-state index contributed by atoms with van der Waals surface area (Å²) < 4.78 is 38.0. The Hall–Kier alpha value is -2.89. The number of halogens is 3. The third kappa shape index (κ3) is 3.48. The van der Waals surface area contributed by atoms with Crippen molar-refractivity contribution in [1.29, 1.82) is 0 Å². The fourth-order valence-corrected chi connectivity index (χ4v) is 2.17. The molecule has 116 valence electrons. The van der Waals surface area contributed by atoms with Gasteiger partial charge in [-0.3, -0.25) is 10.4 Å². The summed E-state index contributed by atoms with van der Waals surface area (Å²) >= 11 is 0. The second kappa shape index (κ2) is 6.08. The van der Waals surface area contributed by atoms with E-state index in [1.54, 1.807) is 12.3 Å². The molecule has 0 aliphatic carbocycles. The van der Waals surface area contributed by atoms with Crippen molar-refractivity contribution in [2.24, 2.45) is 5.10 Å². The number of aromatic nitrogens is 1. The minimum atomic E-state index is -4.36. The van der Waals surface area contributed by atoms with Crippen LogP contribution in [0.15, 0.2) is 65.9 Å². The molecule has 6 heteroatoms. The summed E-state index contributed by atoms with van der Waals surface area (Å²) in [5, 5.41) is 4.90. The smallest absolute Gasteiger partial charge is 0.278 e. The monoisotopic (exact) mass is 315 g/mol. The molecule has 0 aliphatic rings. The topological polar surface area (TPSA) is 37.3 Å². The lowest BCUT2D eigenvalue weighted by Gasteiger charge is -2.07. The molecule has 0 amide bonds. The van der Waals surface area contributed by atoms with Gasteiger partial charge in [0.15, 0.2) is 0 Å². The second-order valence-electron chi connectivity index (χ2n) is 4.87. The van der Waals surface area contributed by atoms with Crippen molar-refractivity contribution >= 4 is 22.8 Å². The van der Waals surface area contributed by atoms with Gasteiger partial charge < -0.3 is 0 Å². The van der Waals surface area contributed by atoms with Crippen LogP contribution in [-0.4, -0.2) is 11.2 Å². The Morgan fingerprint density at radius 1 is 1.00 bits per heavy atom. The average molecular weight is 315 g/mol. The molecule has 0 bridgehead atoms. The highest BCUT2D eigenvalue weighted by Crippen LogP contribution is 2.29. The van der Waals surface area contributed by atoms with Gasteiger partial charge in [-0.2, -0.15) is 18.3 Å². The van der Waals surface area contributed by atoms with Crippen molar-refractivity contribution in [1.82, 2.24) is 4.98 Å². The molecule has 1 heterocycles. The van der Waals surface area contributed by atoms with Crippen LogP contribution in [0.2, 0.25) is 0 Å². The van der Waals surface area contributed by atoms with Crippen molar-refractivity contribution in [3.8, 4) is 0 Å². The lowest BCUT2D eigenvalue weighted by atomic mass is 10.1. The van der Waals surface area contributed by atoms with Crippen molar-refractivity contribution in [3.05, 3.63) is 71.9 Å². The lowest BCUT2D eigenvalue weighted by Crippen LogP contribution is -2.05. The number of hydrogen-bond acceptors (Lipinski definition) is 3. The van der Waals surface area contributed by atoms with E-state index in [0.29, 0.717) is 5.56 Å². The van der Waals surface area contributed by atoms with Gasteiger partial charge in [-0.1, -0.05) is 18.2 Å². The molecule has 23 heavy (non-hydrogen) atoms. The van der Waals surface area contributed by atoms with Gasteiger partial charge in [0.25, 0.3) is 0 Å². The zero-order valence-electron chi connectivity index (χ0n) is 11.9. The molecule has 1 aromatic heterocycles. The molecule has 0 fully saturated rings. The van der Waals surface area contributed by atoms with Gasteiger partial charge >= 0.3 is 6.18 Å². The number of fused-ring (bicyclic) bond motifs is 1. The van der Waals surface area contributed by atoms with Gasteiger partial charge in [0.1, 0.15) is 0 Å². The molecule has 0 unspecified atom stereocenters. The predicted octanol–water partition coefficient (Wildman–Crippen LogP) is 4.70. The zero-order valence-corrected chi connectivity index (χ0v) is 11.9. The Morgan fingerprint density at radius 3 is 2.65 bits per heavy atom. The second-order valence-corrected chi connectivity index (χ2v) is 4.87. The first kappa shape index (κ1) is 15.0. The predicted molar refractivity (Wildman–Crippen MR) is 84.4 cm³/mol. The number of alkyl halides is 3. The van der Waals surface area contributed by atoms with Gasteiger partial charge in [-0.05, 0) is 42.0 Å². The van der Waals surface area contributed by atoms with Crippen LogP contribution in [0.3, 0.4) is 0 Å². The summed E-state index contributed by atoms with van der Waals surface area (Å²) in [5.74, 6) is 0. The molecule has 0 aliphatic heterocycles. The highest BCUT2D eigenvalue weighted by Gasteiger charge is 2.30. The molecule has 1 N–H and O–H groups in total. The van der Waals surface area contributed by atoms with Crippen LogP contribution in [-0.2, 0) is 6.18 Å². The number of anilines is 1. The van der Waals surface area contributed by atoms with Crippen molar-refractivity contribution < 1.29 is 13.2 Å². The molecule has 0 spiro atoms. The Balaban J connectivity index is 1.81. The molecular formula is C17H12F3N3. The number of hydrogen-bond donors (Lipinski definition) is 1. The Labute approximate surface area is 130 Å². The minimum absolute atomic E-state index is 0.366. The Morgan fingerprint density at radius 2 is 1.83 bits per heavy atom. The summed E-state index contributed by atoms with van der Waals surface area (Å²) in [6.07, 6.45) is -1.32. The van der Waals surface area contributed by atoms with Crippen LogP contribution in [0.25, 0.3) is 10.9 Å². The number of nitrogens with one attached hydrogen (secondary N) is 1. The molecule has 0 atom stereocenters. The van der Waals surface area contributed by atoms with Crippen LogP contribution < -0.4 is 5.43 Å². The van der Waals surface area contributed by atoms with Gasteiger partial charge in [-0.15, -0.1) is 0 Å². The fourth-order valence-electron chi connectivity index (χ4n) is 2.17. The lowest BCUT2D eigenvalue weighted by molar-refractivity contribution is -0.137. The number of hydrazone groups is 1. The minimum Gasteiger partial charge on any atom is -0.278 e. The summed E-state index contributed by atoms with van der Waals surface area (Å²) in [5.41, 5.74) is 4.06. The Bertz CT molecular complexity index is 852. The van der Waals surface area contributed by atoms with Gasteiger partial charge in [0.05, 0.1) is 23.0 Å². The maximum absolute atomic E-state index is 12.7. The van der Waals surface area contributed by atoms with Crippen LogP contribution in [0, 0.1) is 0 Å².